The van der Waals surface area contributed by atoms with Gasteiger partial charge >= 0.3 is 0 Å². The first-order valence-electron chi connectivity index (χ1n) is 3.57. The second-order valence-corrected chi connectivity index (χ2v) is 5.75. The van der Waals surface area contributed by atoms with Crippen molar-refractivity contribution < 1.29 is 4.39 Å². The molecule has 12 heavy (non-hydrogen) atoms. The largest absolute Gasteiger partial charge is 0.251 e. The molecule has 0 bridgehead atoms. The predicted molar refractivity (Wildman–Crippen MR) is 56.6 cm³/mol. The molecule has 0 radical (unpaired) electrons. The highest BCUT2D eigenvalue weighted by atomic mass is 79.9. The first kappa shape index (κ1) is 10.5. The summed E-state index contributed by atoms with van der Waals surface area (Å²) in [5.41, 5.74) is 0. The third kappa shape index (κ3) is 3.87. The van der Waals surface area contributed by atoms with Crippen LogP contribution in [0.25, 0.3) is 0 Å². The summed E-state index contributed by atoms with van der Waals surface area (Å²) in [5.74, 6) is 1.78. The molecule has 0 N–H and O–H groups in total. The van der Waals surface area contributed by atoms with Crippen molar-refractivity contribution in [3.05, 3.63) is 15.0 Å². The minimum Gasteiger partial charge on any atom is -0.251 e. The topological polar surface area (TPSA) is 12.9 Å². The standard InChI is InChI=1S/C7H9BrFNS2/c8-6-4-10-7(12-6)5-11-3-1-2-9/h4H,1-3,5H2. The van der Waals surface area contributed by atoms with Gasteiger partial charge in [0.15, 0.2) is 0 Å². The van der Waals surface area contributed by atoms with Gasteiger partial charge in [0.05, 0.1) is 16.7 Å². The molecule has 5 heteroatoms. The van der Waals surface area contributed by atoms with E-state index >= 15 is 0 Å². The molecule has 1 rings (SSSR count). The van der Waals surface area contributed by atoms with Crippen LogP contribution < -0.4 is 0 Å². The van der Waals surface area contributed by atoms with Gasteiger partial charge in [-0.15, -0.1) is 11.3 Å². The van der Waals surface area contributed by atoms with Crippen molar-refractivity contribution in [3.8, 4) is 0 Å². The Morgan fingerprint density at radius 2 is 2.50 bits per heavy atom. The minimum absolute atomic E-state index is 0.214. The van der Waals surface area contributed by atoms with Crippen LogP contribution in [0.4, 0.5) is 4.39 Å². The second kappa shape index (κ2) is 5.94. The quantitative estimate of drug-likeness (QED) is 0.759. The third-order valence-electron chi connectivity index (χ3n) is 1.17. The van der Waals surface area contributed by atoms with Crippen LogP contribution >= 0.6 is 39.0 Å². The fourth-order valence-electron chi connectivity index (χ4n) is 0.671. The molecular weight excluding hydrogens is 261 g/mol. The maximum Gasteiger partial charge on any atom is 0.104 e. The van der Waals surface area contributed by atoms with E-state index in [0.717, 1.165) is 20.3 Å². The van der Waals surface area contributed by atoms with Crippen LogP contribution in [0.15, 0.2) is 9.98 Å². The SMILES string of the molecule is FCCCSCc1ncc(Br)s1. The van der Waals surface area contributed by atoms with E-state index in [0.29, 0.717) is 6.42 Å². The van der Waals surface area contributed by atoms with Gasteiger partial charge in [-0.05, 0) is 28.1 Å². The molecule has 0 saturated heterocycles. The molecule has 0 spiro atoms. The van der Waals surface area contributed by atoms with Crippen LogP contribution in [0.1, 0.15) is 11.4 Å². The van der Waals surface area contributed by atoms with Gasteiger partial charge in [-0.25, -0.2) is 4.98 Å². The number of thiazole rings is 1. The molecule has 0 atom stereocenters. The molecule has 0 amide bonds. The zero-order valence-electron chi connectivity index (χ0n) is 6.43. The zero-order valence-corrected chi connectivity index (χ0v) is 9.64. The van der Waals surface area contributed by atoms with Gasteiger partial charge in [-0.1, -0.05) is 0 Å². The van der Waals surface area contributed by atoms with Crippen LogP contribution in [-0.2, 0) is 5.75 Å². The van der Waals surface area contributed by atoms with E-state index in [4.69, 9.17) is 0 Å². The molecule has 0 fully saturated rings. The molecule has 68 valence electrons. The Morgan fingerprint density at radius 1 is 1.67 bits per heavy atom. The van der Waals surface area contributed by atoms with Gasteiger partial charge in [0.2, 0.25) is 0 Å². The molecule has 0 saturated carbocycles. The monoisotopic (exact) mass is 269 g/mol. The number of halogens is 2. The average molecular weight is 270 g/mol. The molecule has 1 aromatic heterocycles. The van der Waals surface area contributed by atoms with Gasteiger partial charge in [0.25, 0.3) is 0 Å². The van der Waals surface area contributed by atoms with Crippen LogP contribution in [0, 0.1) is 0 Å². The van der Waals surface area contributed by atoms with Crippen molar-refractivity contribution in [1.29, 1.82) is 0 Å². The lowest BCUT2D eigenvalue weighted by atomic mass is 10.6. The maximum absolute atomic E-state index is 11.7. The van der Waals surface area contributed by atoms with Crippen LogP contribution in [0.5, 0.6) is 0 Å². The fraction of sp³-hybridized carbons (Fsp3) is 0.571. The van der Waals surface area contributed by atoms with E-state index in [1.165, 1.54) is 0 Å². The summed E-state index contributed by atoms with van der Waals surface area (Å²) in [7, 11) is 0. The molecule has 1 heterocycles. The first-order valence-corrected chi connectivity index (χ1v) is 6.33. The van der Waals surface area contributed by atoms with Crippen molar-refractivity contribution in [2.75, 3.05) is 12.4 Å². The van der Waals surface area contributed by atoms with E-state index in [1.807, 2.05) is 0 Å². The normalized spacial score (nSPS) is 10.5. The molecule has 0 unspecified atom stereocenters. The summed E-state index contributed by atoms with van der Waals surface area (Å²) < 4.78 is 12.7. The average Bonchev–Trinajstić information content (AvgIpc) is 2.45. The molecule has 0 aliphatic carbocycles. The second-order valence-electron chi connectivity index (χ2n) is 2.15. The summed E-state index contributed by atoms with van der Waals surface area (Å²) in [6.45, 7) is -0.214. The van der Waals surface area contributed by atoms with Crippen LogP contribution in [0.2, 0.25) is 0 Å². The lowest BCUT2D eigenvalue weighted by Gasteiger charge is -1.94. The highest BCUT2D eigenvalue weighted by molar-refractivity contribution is 9.11. The summed E-state index contributed by atoms with van der Waals surface area (Å²) in [5, 5.41) is 1.10. The number of thioether (sulfide) groups is 1. The number of hydrogen-bond donors (Lipinski definition) is 0. The van der Waals surface area contributed by atoms with E-state index < -0.39 is 0 Å². The molecular formula is C7H9BrFNS2. The van der Waals surface area contributed by atoms with Crippen molar-refractivity contribution in [2.45, 2.75) is 12.2 Å². The smallest absolute Gasteiger partial charge is 0.104 e. The van der Waals surface area contributed by atoms with E-state index in [1.54, 1.807) is 29.3 Å². The highest BCUT2D eigenvalue weighted by Crippen LogP contribution is 2.22. The summed E-state index contributed by atoms with van der Waals surface area (Å²) in [4.78, 5) is 4.17. The lowest BCUT2D eigenvalue weighted by molar-refractivity contribution is 0.489. The van der Waals surface area contributed by atoms with Crippen molar-refractivity contribution in [3.63, 3.8) is 0 Å². The summed E-state index contributed by atoms with van der Waals surface area (Å²) >= 11 is 6.71. The molecule has 1 aromatic rings. The number of alkyl halides is 1. The zero-order chi connectivity index (χ0) is 8.81. The predicted octanol–water partition coefficient (Wildman–Crippen LogP) is 3.50. The van der Waals surface area contributed by atoms with Crippen LogP contribution in [-0.4, -0.2) is 17.4 Å². The molecule has 0 aromatic carbocycles. The molecule has 0 aliphatic rings. The molecule has 1 nitrogen and oxygen atoms in total. The lowest BCUT2D eigenvalue weighted by Crippen LogP contribution is -1.83. The van der Waals surface area contributed by atoms with E-state index in [9.17, 15) is 4.39 Å². The Kier molecular flexibility index (Phi) is 5.18. The number of nitrogens with zero attached hydrogens (tertiary/aromatic N) is 1. The van der Waals surface area contributed by atoms with Gasteiger partial charge in [0.1, 0.15) is 5.01 Å². The Labute approximate surface area is 87.9 Å². The number of aromatic nitrogens is 1. The Balaban J connectivity index is 2.15. The van der Waals surface area contributed by atoms with Gasteiger partial charge in [0, 0.05) is 5.75 Å². The Hall–Kier alpha value is 0.390. The van der Waals surface area contributed by atoms with E-state index in [-0.39, 0.29) is 6.67 Å². The summed E-state index contributed by atoms with van der Waals surface area (Å²) in [6, 6.07) is 0. The number of hydrogen-bond acceptors (Lipinski definition) is 3. The highest BCUT2D eigenvalue weighted by Gasteiger charge is 1.98. The van der Waals surface area contributed by atoms with Crippen molar-refractivity contribution in [1.82, 2.24) is 4.98 Å². The molecule has 0 aliphatic heterocycles. The Morgan fingerprint density at radius 3 is 3.08 bits per heavy atom. The van der Waals surface area contributed by atoms with Crippen molar-refractivity contribution >= 4 is 39.0 Å². The first-order chi connectivity index (χ1) is 5.83. The minimum atomic E-state index is -0.214. The van der Waals surface area contributed by atoms with Gasteiger partial charge in [-0.2, -0.15) is 11.8 Å². The van der Waals surface area contributed by atoms with Gasteiger partial charge in [-0.3, -0.25) is 4.39 Å². The maximum atomic E-state index is 11.7. The van der Waals surface area contributed by atoms with E-state index in [2.05, 4.69) is 20.9 Å². The third-order valence-corrected chi connectivity index (χ3v) is 3.89. The fourth-order valence-corrected chi connectivity index (χ4v) is 2.96. The Bertz CT molecular complexity index is 229. The van der Waals surface area contributed by atoms with Crippen LogP contribution in [0.3, 0.4) is 0 Å². The van der Waals surface area contributed by atoms with Gasteiger partial charge < -0.3 is 0 Å². The number of rotatable bonds is 5. The van der Waals surface area contributed by atoms with Crippen molar-refractivity contribution in [2.24, 2.45) is 0 Å². The summed E-state index contributed by atoms with van der Waals surface area (Å²) in [6.07, 6.45) is 2.45.